The highest BCUT2D eigenvalue weighted by Crippen LogP contribution is 2.46. The molecule has 0 radical (unpaired) electrons. The summed E-state index contributed by atoms with van der Waals surface area (Å²) in [6.45, 7) is 2.56. The predicted molar refractivity (Wildman–Crippen MR) is 147 cm³/mol. The van der Waals surface area contributed by atoms with Gasteiger partial charge in [-0.3, -0.25) is 18.7 Å². The van der Waals surface area contributed by atoms with Gasteiger partial charge in [0.2, 0.25) is 0 Å². The number of aromatic nitrogens is 4. The molecule has 2 unspecified atom stereocenters. The first kappa shape index (κ1) is 31.1. The average molecular weight is 605 g/mol. The van der Waals surface area contributed by atoms with E-state index in [0.29, 0.717) is 11.2 Å². The molecule has 0 amide bonds. The lowest BCUT2D eigenvalue weighted by atomic mass is 10.1. The second kappa shape index (κ2) is 13.9. The van der Waals surface area contributed by atoms with Crippen LogP contribution >= 0.6 is 7.75 Å². The van der Waals surface area contributed by atoms with Gasteiger partial charge in [0.1, 0.15) is 42.5 Å². The number of aliphatic hydroxyl groups excluding tert-OH is 1. The zero-order valence-corrected chi connectivity index (χ0v) is 23.9. The SMILES string of the molecule is CC(C)OC(=O)[C@H](CCC(=O)CN=N)NP(=O)(OC[C@H]1O[C@@H](n2cnc3c(N)ncnc32)CC1O)Oc1ccccc1. The first-order valence-corrected chi connectivity index (χ1v) is 14.7. The molecule has 5 atom stereocenters. The van der Waals surface area contributed by atoms with Crippen LogP contribution in [0.3, 0.4) is 0 Å². The van der Waals surface area contributed by atoms with E-state index in [1.807, 2.05) is 0 Å². The highest BCUT2D eigenvalue weighted by Gasteiger charge is 2.40. The topological polar surface area (TPSA) is 226 Å². The molecule has 4 rings (SSSR count). The molecule has 3 heterocycles. The molecular weight excluding hydrogens is 571 g/mol. The van der Waals surface area contributed by atoms with Gasteiger partial charge in [-0.05, 0) is 32.4 Å². The van der Waals surface area contributed by atoms with Gasteiger partial charge in [0.15, 0.2) is 17.2 Å². The number of nitrogen functional groups attached to an aromatic ring is 1. The van der Waals surface area contributed by atoms with E-state index < -0.39 is 44.3 Å². The Kier molecular flexibility index (Phi) is 10.3. The van der Waals surface area contributed by atoms with E-state index in [0.717, 1.165) is 0 Å². The van der Waals surface area contributed by atoms with Crippen LogP contribution in [0.2, 0.25) is 0 Å². The number of benzene rings is 1. The van der Waals surface area contributed by atoms with Gasteiger partial charge in [0, 0.05) is 12.8 Å². The van der Waals surface area contributed by atoms with Crippen LogP contribution in [0, 0.1) is 5.53 Å². The zero-order chi connectivity index (χ0) is 30.3. The van der Waals surface area contributed by atoms with Crippen molar-refractivity contribution in [2.45, 2.75) is 63.7 Å². The van der Waals surface area contributed by atoms with Crippen LogP contribution in [-0.2, 0) is 28.2 Å². The largest absolute Gasteiger partial charge is 0.462 e. The van der Waals surface area contributed by atoms with Gasteiger partial charge in [-0.1, -0.05) is 18.2 Å². The summed E-state index contributed by atoms with van der Waals surface area (Å²) in [7, 11) is -4.34. The third kappa shape index (κ3) is 7.92. The molecule has 5 N–H and O–H groups in total. The summed E-state index contributed by atoms with van der Waals surface area (Å²) in [5, 5.41) is 16.4. The lowest BCUT2D eigenvalue weighted by molar-refractivity contribution is -0.149. The number of carbonyl (C=O) groups is 2. The number of carbonyl (C=O) groups excluding carboxylic acids is 2. The summed E-state index contributed by atoms with van der Waals surface area (Å²) >= 11 is 0. The minimum Gasteiger partial charge on any atom is -0.462 e. The van der Waals surface area contributed by atoms with Crippen molar-refractivity contribution in [2.75, 3.05) is 18.9 Å². The lowest BCUT2D eigenvalue weighted by Gasteiger charge is -2.26. The zero-order valence-electron chi connectivity index (χ0n) is 23.0. The van der Waals surface area contributed by atoms with Crippen molar-refractivity contribution in [1.82, 2.24) is 24.6 Å². The molecule has 1 aliphatic heterocycles. The molecule has 2 aromatic heterocycles. The van der Waals surface area contributed by atoms with Gasteiger partial charge in [-0.25, -0.2) is 25.0 Å². The molecular formula is C25H33N8O8P. The summed E-state index contributed by atoms with van der Waals surface area (Å²) in [6, 6.07) is 6.89. The van der Waals surface area contributed by atoms with E-state index in [9.17, 15) is 19.3 Å². The molecule has 1 saturated heterocycles. The fourth-order valence-corrected chi connectivity index (χ4v) is 5.75. The number of ketones is 1. The Morgan fingerprint density at radius 2 is 2.05 bits per heavy atom. The Bertz CT molecular complexity index is 1440. The molecule has 3 aromatic rings. The van der Waals surface area contributed by atoms with Gasteiger partial charge in [0.05, 0.1) is 25.1 Å². The van der Waals surface area contributed by atoms with E-state index in [-0.39, 0.29) is 49.8 Å². The number of imidazole rings is 1. The van der Waals surface area contributed by atoms with E-state index in [1.54, 1.807) is 48.7 Å². The van der Waals surface area contributed by atoms with Crippen LogP contribution in [0.5, 0.6) is 5.75 Å². The number of nitrogens with two attached hydrogens (primary N) is 1. The second-order valence-corrected chi connectivity index (χ2v) is 11.5. The molecule has 42 heavy (non-hydrogen) atoms. The van der Waals surface area contributed by atoms with E-state index >= 15 is 0 Å². The number of anilines is 1. The lowest BCUT2D eigenvalue weighted by Crippen LogP contribution is -2.40. The molecule has 1 aliphatic rings. The van der Waals surface area contributed by atoms with Crippen molar-refractivity contribution in [3.05, 3.63) is 43.0 Å². The third-order valence-corrected chi connectivity index (χ3v) is 7.76. The maximum Gasteiger partial charge on any atom is 0.459 e. The standard InChI is InChI=1S/C25H33N8O8P/c1-15(2)39-25(36)18(9-8-16(34)11-31-27)32-42(37,41-17-6-4-3-5-7-17)38-12-20-19(35)10-21(40-20)33-14-30-22-23(26)28-13-29-24(22)33/h3-7,13-15,18-21,27,35H,8-12H2,1-2H3,(H,32,37)(H2,26,28,29)/t18-,19?,20+,21+,42?/m0/s1. The van der Waals surface area contributed by atoms with Crippen LogP contribution in [0.1, 0.15) is 39.3 Å². The van der Waals surface area contributed by atoms with Crippen LogP contribution in [-0.4, -0.2) is 73.9 Å². The number of rotatable bonds is 15. The molecule has 1 aromatic carbocycles. The number of Topliss-reactive ketones (excluding diaryl/α,β-unsaturated/α-hetero) is 1. The summed E-state index contributed by atoms with van der Waals surface area (Å²) in [4.78, 5) is 37.2. The fourth-order valence-electron chi connectivity index (χ4n) is 4.21. The van der Waals surface area contributed by atoms with E-state index in [2.05, 4.69) is 25.2 Å². The highest BCUT2D eigenvalue weighted by molar-refractivity contribution is 7.52. The Labute approximate surface area is 241 Å². The molecule has 226 valence electrons. The van der Waals surface area contributed by atoms with Gasteiger partial charge >= 0.3 is 13.7 Å². The number of ether oxygens (including phenoxy) is 2. The Hall–Kier alpha value is -3.82. The number of hydrogen-bond acceptors (Lipinski definition) is 14. The van der Waals surface area contributed by atoms with Crippen molar-refractivity contribution >= 4 is 36.5 Å². The Morgan fingerprint density at radius 3 is 2.76 bits per heavy atom. The third-order valence-electron chi connectivity index (χ3n) is 6.20. The second-order valence-electron chi connectivity index (χ2n) is 9.77. The highest BCUT2D eigenvalue weighted by atomic mass is 31.2. The normalized spacial score (nSPS) is 20.7. The minimum absolute atomic E-state index is 0.116. The number of hydrogen-bond donors (Lipinski definition) is 4. The van der Waals surface area contributed by atoms with Crippen molar-refractivity contribution in [1.29, 1.82) is 5.53 Å². The van der Waals surface area contributed by atoms with Crippen LogP contribution < -0.4 is 15.3 Å². The summed E-state index contributed by atoms with van der Waals surface area (Å²) in [5.41, 5.74) is 13.6. The maximum atomic E-state index is 14.1. The molecule has 0 aliphatic carbocycles. The number of para-hydroxylation sites is 1. The number of nitrogens with one attached hydrogen (secondary N) is 2. The van der Waals surface area contributed by atoms with Crippen molar-refractivity contribution < 1.29 is 37.8 Å². The quantitative estimate of drug-likeness (QED) is 0.111. The Balaban J connectivity index is 1.51. The molecule has 16 nitrogen and oxygen atoms in total. The number of esters is 1. The minimum atomic E-state index is -4.34. The molecule has 1 fully saturated rings. The van der Waals surface area contributed by atoms with Crippen molar-refractivity contribution in [3.63, 3.8) is 0 Å². The van der Waals surface area contributed by atoms with Crippen LogP contribution in [0.15, 0.2) is 48.1 Å². The van der Waals surface area contributed by atoms with Gasteiger partial charge in [-0.2, -0.15) is 10.2 Å². The maximum absolute atomic E-state index is 14.1. The average Bonchev–Trinajstić information content (AvgIpc) is 3.54. The number of nitrogens with zero attached hydrogens (tertiary/aromatic N) is 5. The van der Waals surface area contributed by atoms with Crippen LogP contribution in [0.4, 0.5) is 5.82 Å². The van der Waals surface area contributed by atoms with Crippen molar-refractivity contribution in [3.8, 4) is 5.75 Å². The molecule has 17 heteroatoms. The number of aliphatic hydroxyl groups is 1. The molecule has 0 bridgehead atoms. The first-order valence-electron chi connectivity index (χ1n) is 13.2. The first-order chi connectivity index (χ1) is 20.1. The number of fused-ring (bicyclic) bond motifs is 1. The van der Waals surface area contributed by atoms with Gasteiger partial charge < -0.3 is 24.8 Å². The van der Waals surface area contributed by atoms with Crippen molar-refractivity contribution in [2.24, 2.45) is 5.11 Å². The monoisotopic (exact) mass is 604 g/mol. The summed E-state index contributed by atoms with van der Waals surface area (Å²) in [5.74, 6) is -0.780. The van der Waals surface area contributed by atoms with Gasteiger partial charge in [0.25, 0.3) is 0 Å². The fraction of sp³-hybridized carbons (Fsp3) is 0.480. The Morgan fingerprint density at radius 1 is 1.29 bits per heavy atom. The van der Waals surface area contributed by atoms with E-state index in [1.165, 1.54) is 12.7 Å². The molecule has 0 spiro atoms. The predicted octanol–water partition coefficient (Wildman–Crippen LogP) is 2.55. The van der Waals surface area contributed by atoms with Gasteiger partial charge in [-0.15, -0.1) is 0 Å². The smallest absolute Gasteiger partial charge is 0.459 e. The summed E-state index contributed by atoms with van der Waals surface area (Å²) in [6.07, 6.45) is -0.485. The van der Waals surface area contributed by atoms with Crippen LogP contribution in [0.25, 0.3) is 11.2 Å². The van der Waals surface area contributed by atoms with E-state index in [4.69, 9.17) is 29.8 Å². The molecule has 0 saturated carbocycles. The summed E-state index contributed by atoms with van der Waals surface area (Å²) < 4.78 is 38.4.